The molecule has 25 heavy (non-hydrogen) atoms. The summed E-state index contributed by atoms with van der Waals surface area (Å²) in [7, 11) is 5.72. The standard InChI is InChI=1S/3C6H7P.BH3O3/c3*7-6-4-2-1-3-5-6;2-1(3)4/h3*1-5H,7H2;2-4H. The molecular formula is C18H24BO3P3. The molecule has 0 heterocycles. The summed E-state index contributed by atoms with van der Waals surface area (Å²) < 4.78 is 0. The quantitative estimate of drug-likeness (QED) is 0.402. The molecule has 0 saturated heterocycles. The van der Waals surface area contributed by atoms with Crippen LogP contribution < -0.4 is 15.9 Å². The maximum absolute atomic E-state index is 7.17. The molecule has 0 saturated carbocycles. The van der Waals surface area contributed by atoms with Gasteiger partial charge in [-0.1, -0.05) is 91.0 Å². The predicted molar refractivity (Wildman–Crippen MR) is 120 cm³/mol. The Morgan fingerprint density at radius 1 is 0.440 bits per heavy atom. The highest BCUT2D eigenvalue weighted by atomic mass is 31.0. The molecule has 3 nitrogen and oxygen atoms in total. The third kappa shape index (κ3) is 19.1. The molecule has 7 heteroatoms. The Kier molecular flexibility index (Phi) is 15.6. The molecule has 3 rings (SSSR count). The van der Waals surface area contributed by atoms with Gasteiger partial charge in [0.15, 0.2) is 0 Å². The average Bonchev–Trinajstić information content (AvgIpc) is 2.58. The van der Waals surface area contributed by atoms with Gasteiger partial charge in [-0.3, -0.25) is 0 Å². The van der Waals surface area contributed by atoms with Gasteiger partial charge < -0.3 is 15.1 Å². The fourth-order valence-corrected chi connectivity index (χ4v) is 2.03. The molecule has 3 aromatic rings. The molecule has 3 atom stereocenters. The Labute approximate surface area is 157 Å². The van der Waals surface area contributed by atoms with Crippen LogP contribution in [0.4, 0.5) is 0 Å². The van der Waals surface area contributed by atoms with Crippen LogP contribution >= 0.6 is 27.7 Å². The Bertz CT molecular complexity index is 550. The number of rotatable bonds is 0. The van der Waals surface area contributed by atoms with Crippen molar-refractivity contribution in [3.05, 3.63) is 91.0 Å². The second kappa shape index (κ2) is 16.4. The van der Waals surface area contributed by atoms with Crippen molar-refractivity contribution in [2.75, 3.05) is 0 Å². The number of benzene rings is 3. The van der Waals surface area contributed by atoms with Crippen LogP contribution in [-0.4, -0.2) is 22.4 Å². The van der Waals surface area contributed by atoms with E-state index in [1.54, 1.807) is 0 Å². The van der Waals surface area contributed by atoms with E-state index in [1.807, 2.05) is 91.0 Å². The number of hydrogen-bond donors (Lipinski definition) is 3. The monoisotopic (exact) mass is 392 g/mol. The lowest BCUT2D eigenvalue weighted by Gasteiger charge is -1.82. The summed E-state index contributed by atoms with van der Waals surface area (Å²) in [5.41, 5.74) is 0. The van der Waals surface area contributed by atoms with Crippen molar-refractivity contribution in [2.24, 2.45) is 0 Å². The van der Waals surface area contributed by atoms with Crippen molar-refractivity contribution in [1.82, 2.24) is 0 Å². The fraction of sp³-hybridized carbons (Fsp3) is 0. The van der Waals surface area contributed by atoms with Gasteiger partial charge in [0.1, 0.15) is 0 Å². The van der Waals surface area contributed by atoms with Crippen molar-refractivity contribution in [1.29, 1.82) is 0 Å². The zero-order chi connectivity index (χ0) is 18.9. The van der Waals surface area contributed by atoms with Crippen molar-refractivity contribution >= 4 is 51.0 Å². The van der Waals surface area contributed by atoms with Gasteiger partial charge in [-0.15, -0.1) is 27.7 Å². The second-order valence-corrected chi connectivity index (χ2v) is 6.58. The van der Waals surface area contributed by atoms with Crippen LogP contribution in [0.5, 0.6) is 0 Å². The summed E-state index contributed by atoms with van der Waals surface area (Å²) in [5.74, 6) is 0. The minimum atomic E-state index is -2.17. The van der Waals surface area contributed by atoms with Crippen LogP contribution in [0.15, 0.2) is 91.0 Å². The normalized spacial score (nSPS) is 8.40. The van der Waals surface area contributed by atoms with E-state index in [1.165, 1.54) is 15.9 Å². The highest BCUT2D eigenvalue weighted by molar-refractivity contribution is 7.27. The molecule has 0 bridgehead atoms. The van der Waals surface area contributed by atoms with E-state index in [4.69, 9.17) is 15.1 Å². The predicted octanol–water partition coefficient (Wildman–Crippen LogP) is 1.51. The maximum atomic E-state index is 7.17. The van der Waals surface area contributed by atoms with Crippen molar-refractivity contribution < 1.29 is 15.1 Å². The van der Waals surface area contributed by atoms with Gasteiger partial charge in [-0.2, -0.15) is 0 Å². The van der Waals surface area contributed by atoms with E-state index in [9.17, 15) is 0 Å². The molecule has 0 aliphatic heterocycles. The van der Waals surface area contributed by atoms with E-state index >= 15 is 0 Å². The first-order chi connectivity index (χ1) is 11.9. The Morgan fingerprint density at radius 2 is 0.600 bits per heavy atom. The minimum absolute atomic E-state index is 1.24. The molecule has 0 fully saturated rings. The molecular weight excluding hydrogens is 368 g/mol. The first-order valence-electron chi connectivity index (χ1n) is 7.37. The molecule has 0 aromatic heterocycles. The largest absolute Gasteiger partial charge is 0.631 e. The Morgan fingerprint density at radius 3 is 0.680 bits per heavy atom. The molecule has 0 aliphatic rings. The zero-order valence-electron chi connectivity index (χ0n) is 13.8. The van der Waals surface area contributed by atoms with E-state index in [0.29, 0.717) is 0 Å². The molecule has 0 aliphatic carbocycles. The van der Waals surface area contributed by atoms with Crippen molar-refractivity contribution in [3.63, 3.8) is 0 Å². The summed E-state index contributed by atoms with van der Waals surface area (Å²) in [6.45, 7) is 0. The van der Waals surface area contributed by atoms with Crippen LogP contribution in [0.2, 0.25) is 0 Å². The molecule has 0 spiro atoms. The van der Waals surface area contributed by atoms with Crippen molar-refractivity contribution in [3.8, 4) is 0 Å². The van der Waals surface area contributed by atoms with Crippen LogP contribution in [0.25, 0.3) is 0 Å². The van der Waals surface area contributed by atoms with Gasteiger partial charge in [-0.05, 0) is 15.9 Å². The summed E-state index contributed by atoms with van der Waals surface area (Å²) in [4.78, 5) is 0. The van der Waals surface area contributed by atoms with Gasteiger partial charge in [0.05, 0.1) is 0 Å². The van der Waals surface area contributed by atoms with Gasteiger partial charge in [-0.25, -0.2) is 0 Å². The first-order valence-corrected chi connectivity index (χ1v) is 9.10. The zero-order valence-corrected chi connectivity index (χ0v) is 17.3. The third-order valence-corrected chi connectivity index (χ3v) is 3.55. The lowest BCUT2D eigenvalue weighted by atomic mass is 10.3. The molecule has 132 valence electrons. The van der Waals surface area contributed by atoms with Gasteiger partial charge in [0.25, 0.3) is 0 Å². The first kappa shape index (κ1) is 23.9. The van der Waals surface area contributed by atoms with Crippen LogP contribution in [-0.2, 0) is 0 Å². The molecule has 0 amide bonds. The topological polar surface area (TPSA) is 60.7 Å². The fourth-order valence-electron chi connectivity index (χ4n) is 1.36. The van der Waals surface area contributed by atoms with Crippen LogP contribution in [0.3, 0.4) is 0 Å². The van der Waals surface area contributed by atoms with E-state index in [2.05, 4.69) is 27.7 Å². The lowest BCUT2D eigenvalue weighted by Crippen LogP contribution is -2.07. The average molecular weight is 392 g/mol. The van der Waals surface area contributed by atoms with Gasteiger partial charge >= 0.3 is 7.32 Å². The Balaban J connectivity index is 0.000000314. The van der Waals surface area contributed by atoms with Gasteiger partial charge in [0.2, 0.25) is 0 Å². The molecule has 0 radical (unpaired) electrons. The third-order valence-electron chi connectivity index (χ3n) is 2.40. The van der Waals surface area contributed by atoms with E-state index in [0.717, 1.165) is 0 Å². The van der Waals surface area contributed by atoms with Crippen LogP contribution in [0.1, 0.15) is 0 Å². The number of hydrogen-bond acceptors (Lipinski definition) is 3. The molecule has 3 N–H and O–H groups in total. The van der Waals surface area contributed by atoms with Gasteiger partial charge in [0, 0.05) is 0 Å². The molecule has 3 aromatic carbocycles. The second-order valence-electron chi connectivity index (χ2n) is 4.58. The maximum Gasteiger partial charge on any atom is 0.631 e. The SMILES string of the molecule is OB(O)O.Pc1ccccc1.Pc1ccccc1.Pc1ccccc1. The lowest BCUT2D eigenvalue weighted by molar-refractivity contribution is 0.278. The summed E-state index contributed by atoms with van der Waals surface area (Å²) >= 11 is 0. The molecule has 3 unspecified atom stereocenters. The summed E-state index contributed by atoms with van der Waals surface area (Å²) in [6, 6.07) is 30.4. The highest BCUT2D eigenvalue weighted by Gasteiger charge is 1.92. The van der Waals surface area contributed by atoms with E-state index in [-0.39, 0.29) is 0 Å². The highest BCUT2D eigenvalue weighted by Crippen LogP contribution is 1.87. The van der Waals surface area contributed by atoms with E-state index < -0.39 is 7.32 Å². The summed E-state index contributed by atoms with van der Waals surface area (Å²) in [6.07, 6.45) is 0. The summed E-state index contributed by atoms with van der Waals surface area (Å²) in [5, 5.41) is 25.2. The van der Waals surface area contributed by atoms with Crippen LogP contribution in [0, 0.1) is 0 Å². The smallest absolute Gasteiger partial charge is 0.402 e. The van der Waals surface area contributed by atoms with Crippen molar-refractivity contribution in [2.45, 2.75) is 0 Å². The minimum Gasteiger partial charge on any atom is -0.402 e. The Hall–Kier alpha value is -1.11.